The van der Waals surface area contributed by atoms with Gasteiger partial charge >= 0.3 is 6.03 Å². The minimum atomic E-state index is -2.69. The van der Waals surface area contributed by atoms with Crippen LogP contribution < -0.4 is 15.5 Å². The second kappa shape index (κ2) is 11.8. The highest BCUT2D eigenvalue weighted by molar-refractivity contribution is 6.02. The van der Waals surface area contributed by atoms with Gasteiger partial charge in [-0.2, -0.15) is 0 Å². The Hall–Kier alpha value is -3.30. The Kier molecular flexibility index (Phi) is 8.71. The maximum absolute atomic E-state index is 14.2. The smallest absolute Gasteiger partial charge is 0.323 e. The molecule has 0 saturated heterocycles. The summed E-state index contributed by atoms with van der Waals surface area (Å²) in [5.74, 6) is -4.19. The highest BCUT2D eigenvalue weighted by Crippen LogP contribution is 2.45. The number of hydrogen-bond acceptors (Lipinski definition) is 4. The number of hydrogen-bond donors (Lipinski definition) is 2. The standard InChI is InChI=1S/C29H35F4N3O3/c1-19(2)17-36(22-9-13-29(32,33)14-10-22)26-8-5-20(28(39-18-37)11-3-4-12-28)15-25(26)35-27(38)34-24-7-6-21(30)16-23(24)31/h5-8,15-16,18-19,22H,3-4,9-14,17H2,1-2H3,(H2,34,35,38). The van der Waals surface area contributed by atoms with Crippen LogP contribution in [0.25, 0.3) is 0 Å². The zero-order chi connectivity index (χ0) is 28.2. The minimum absolute atomic E-state index is 0.164. The van der Waals surface area contributed by atoms with Crippen LogP contribution in [0.2, 0.25) is 0 Å². The number of nitrogens with zero attached hydrogens (tertiary/aromatic N) is 1. The van der Waals surface area contributed by atoms with Gasteiger partial charge < -0.3 is 20.3 Å². The minimum Gasteiger partial charge on any atom is -0.456 e. The lowest BCUT2D eigenvalue weighted by atomic mass is 9.88. The number of carbonyl (C=O) groups is 2. The van der Waals surface area contributed by atoms with Crippen molar-refractivity contribution in [2.75, 3.05) is 22.1 Å². The molecule has 10 heteroatoms. The van der Waals surface area contributed by atoms with Gasteiger partial charge in [-0.3, -0.25) is 4.79 Å². The lowest BCUT2D eigenvalue weighted by molar-refractivity contribution is -0.144. The Morgan fingerprint density at radius 3 is 2.31 bits per heavy atom. The highest BCUT2D eigenvalue weighted by atomic mass is 19.3. The summed E-state index contributed by atoms with van der Waals surface area (Å²) < 4.78 is 61.1. The number of benzene rings is 2. The molecule has 0 radical (unpaired) electrons. The number of alkyl halides is 2. The number of anilines is 3. The van der Waals surface area contributed by atoms with Crippen molar-refractivity contribution in [1.82, 2.24) is 0 Å². The number of ether oxygens (including phenoxy) is 1. The van der Waals surface area contributed by atoms with Crippen LogP contribution in [0.15, 0.2) is 36.4 Å². The lowest BCUT2D eigenvalue weighted by Gasteiger charge is -2.40. The molecule has 0 heterocycles. The second-order valence-electron chi connectivity index (χ2n) is 11.0. The highest BCUT2D eigenvalue weighted by Gasteiger charge is 2.40. The van der Waals surface area contributed by atoms with E-state index in [1.807, 2.05) is 26.0 Å². The zero-order valence-corrected chi connectivity index (χ0v) is 22.2. The molecule has 0 atom stereocenters. The summed E-state index contributed by atoms with van der Waals surface area (Å²) in [6.45, 7) is 5.06. The molecule has 2 aromatic carbocycles. The monoisotopic (exact) mass is 549 g/mol. The normalized spacial score (nSPS) is 18.5. The summed E-state index contributed by atoms with van der Waals surface area (Å²) in [6, 6.07) is 7.35. The lowest BCUT2D eigenvalue weighted by Crippen LogP contribution is -2.43. The molecule has 0 spiro atoms. The SMILES string of the molecule is CC(C)CN(c1ccc(C2(OC=O)CCCC2)cc1NC(=O)Nc1ccc(F)cc1F)C1CCC(F)(F)CC1. The van der Waals surface area contributed by atoms with Gasteiger partial charge in [-0.15, -0.1) is 0 Å². The summed E-state index contributed by atoms with van der Waals surface area (Å²) in [6.07, 6.45) is 3.17. The van der Waals surface area contributed by atoms with Crippen molar-refractivity contribution in [3.05, 3.63) is 53.6 Å². The molecule has 2 aliphatic carbocycles. The molecule has 2 aromatic rings. The molecule has 212 valence electrons. The van der Waals surface area contributed by atoms with Crippen molar-refractivity contribution in [1.29, 1.82) is 0 Å². The van der Waals surface area contributed by atoms with E-state index in [1.165, 1.54) is 0 Å². The molecule has 2 aliphatic rings. The zero-order valence-electron chi connectivity index (χ0n) is 22.2. The van der Waals surface area contributed by atoms with E-state index in [9.17, 15) is 27.2 Å². The molecule has 0 aromatic heterocycles. The van der Waals surface area contributed by atoms with E-state index in [0.717, 1.165) is 25.0 Å². The average Bonchev–Trinajstić information content (AvgIpc) is 3.34. The molecule has 6 nitrogen and oxygen atoms in total. The average molecular weight is 550 g/mol. The van der Waals surface area contributed by atoms with Crippen LogP contribution in [-0.2, 0) is 15.1 Å². The van der Waals surface area contributed by atoms with Gasteiger partial charge in [0.1, 0.15) is 17.2 Å². The van der Waals surface area contributed by atoms with Gasteiger partial charge in [0.2, 0.25) is 5.92 Å². The fourth-order valence-electron chi connectivity index (χ4n) is 5.72. The van der Waals surface area contributed by atoms with E-state index in [2.05, 4.69) is 15.5 Å². The molecule has 39 heavy (non-hydrogen) atoms. The van der Waals surface area contributed by atoms with Gasteiger partial charge in [0.15, 0.2) is 0 Å². The molecule has 4 rings (SSSR count). The van der Waals surface area contributed by atoms with Crippen molar-refractivity contribution in [3.63, 3.8) is 0 Å². The summed E-state index contributed by atoms with van der Waals surface area (Å²) in [4.78, 5) is 26.5. The predicted molar refractivity (Wildman–Crippen MR) is 142 cm³/mol. The van der Waals surface area contributed by atoms with Crippen molar-refractivity contribution < 1.29 is 31.9 Å². The molecule has 2 N–H and O–H groups in total. The topological polar surface area (TPSA) is 70.7 Å². The fourth-order valence-corrected chi connectivity index (χ4v) is 5.72. The van der Waals surface area contributed by atoms with Crippen LogP contribution in [0.4, 0.5) is 39.4 Å². The van der Waals surface area contributed by atoms with Crippen LogP contribution in [0.5, 0.6) is 0 Å². The third-order valence-corrected chi connectivity index (χ3v) is 7.63. The summed E-state index contributed by atoms with van der Waals surface area (Å²) >= 11 is 0. The van der Waals surface area contributed by atoms with Crippen molar-refractivity contribution in [3.8, 4) is 0 Å². The van der Waals surface area contributed by atoms with E-state index >= 15 is 0 Å². The Balaban J connectivity index is 1.71. The Morgan fingerprint density at radius 2 is 1.69 bits per heavy atom. The third kappa shape index (κ3) is 6.83. The fraction of sp³-hybridized carbons (Fsp3) is 0.517. The molecule has 0 bridgehead atoms. The van der Waals surface area contributed by atoms with Gasteiger partial charge in [-0.1, -0.05) is 19.9 Å². The van der Waals surface area contributed by atoms with Crippen LogP contribution in [0, 0.1) is 17.6 Å². The van der Waals surface area contributed by atoms with Crippen LogP contribution in [-0.4, -0.2) is 31.0 Å². The van der Waals surface area contributed by atoms with E-state index in [1.54, 1.807) is 6.07 Å². The van der Waals surface area contributed by atoms with Crippen molar-refractivity contribution in [2.24, 2.45) is 5.92 Å². The first-order chi connectivity index (χ1) is 18.5. The van der Waals surface area contributed by atoms with Crippen LogP contribution in [0.3, 0.4) is 0 Å². The van der Waals surface area contributed by atoms with Gasteiger partial charge in [0.25, 0.3) is 6.47 Å². The second-order valence-corrected chi connectivity index (χ2v) is 11.0. The summed E-state index contributed by atoms with van der Waals surface area (Å²) in [5.41, 5.74) is 0.699. The van der Waals surface area contributed by atoms with Crippen molar-refractivity contribution >= 4 is 29.6 Å². The Bertz CT molecular complexity index is 1170. The largest absolute Gasteiger partial charge is 0.456 e. The number of carbonyl (C=O) groups excluding carboxylic acids is 2. The first kappa shape index (κ1) is 28.7. The first-order valence-corrected chi connectivity index (χ1v) is 13.5. The molecule has 2 fully saturated rings. The van der Waals surface area contributed by atoms with Gasteiger partial charge in [0, 0.05) is 31.5 Å². The van der Waals surface area contributed by atoms with E-state index < -0.39 is 29.2 Å². The quantitative estimate of drug-likeness (QED) is 0.250. The number of halogens is 4. The molecule has 0 unspecified atom stereocenters. The Labute approximate surface area is 226 Å². The molecule has 2 saturated carbocycles. The van der Waals surface area contributed by atoms with E-state index in [-0.39, 0.29) is 30.5 Å². The number of rotatable bonds is 9. The summed E-state index contributed by atoms with van der Waals surface area (Å²) in [7, 11) is 0. The number of nitrogens with one attached hydrogen (secondary N) is 2. The summed E-state index contributed by atoms with van der Waals surface area (Å²) in [5, 5.41) is 5.20. The van der Waals surface area contributed by atoms with Gasteiger partial charge in [0.05, 0.1) is 17.1 Å². The molecule has 2 amide bonds. The maximum atomic E-state index is 14.2. The molecular weight excluding hydrogens is 514 g/mol. The van der Waals surface area contributed by atoms with E-state index in [4.69, 9.17) is 4.74 Å². The first-order valence-electron chi connectivity index (χ1n) is 13.5. The number of urea groups is 1. The van der Waals surface area contributed by atoms with Crippen molar-refractivity contribution in [2.45, 2.75) is 82.8 Å². The third-order valence-electron chi connectivity index (χ3n) is 7.63. The molecular formula is C29H35F4N3O3. The van der Waals surface area contributed by atoms with Gasteiger partial charge in [-0.05, 0) is 74.3 Å². The van der Waals surface area contributed by atoms with Gasteiger partial charge in [-0.25, -0.2) is 22.4 Å². The molecule has 0 aliphatic heterocycles. The maximum Gasteiger partial charge on any atom is 0.323 e. The van der Waals surface area contributed by atoms with E-state index in [0.29, 0.717) is 61.7 Å². The van der Waals surface area contributed by atoms with Crippen LogP contribution >= 0.6 is 0 Å². The Morgan fingerprint density at radius 1 is 1.03 bits per heavy atom. The number of amides is 2. The van der Waals surface area contributed by atoms with Crippen LogP contribution in [0.1, 0.15) is 70.8 Å². The predicted octanol–water partition coefficient (Wildman–Crippen LogP) is 7.59.